The molecule has 2 N–H and O–H groups in total. The second kappa shape index (κ2) is 12.4. The number of rotatable bonds is 11. The van der Waals surface area contributed by atoms with Crippen molar-refractivity contribution in [3.05, 3.63) is 77.7 Å². The van der Waals surface area contributed by atoms with Gasteiger partial charge in [0.1, 0.15) is 18.7 Å². The van der Waals surface area contributed by atoms with Gasteiger partial charge >= 0.3 is 18.1 Å². The molecule has 3 atom stereocenters. The number of amides is 1. The van der Waals surface area contributed by atoms with Crippen LogP contribution in [-0.4, -0.2) is 35.4 Å². The van der Waals surface area contributed by atoms with E-state index >= 15 is 0 Å². The Labute approximate surface area is 198 Å². The molecule has 1 heterocycles. The highest BCUT2D eigenvalue weighted by atomic mass is 16.5. The number of nitrogens with zero attached hydrogens (tertiary/aromatic N) is 2. The molecule has 1 aromatic heterocycles. The van der Waals surface area contributed by atoms with E-state index in [4.69, 9.17) is 13.9 Å². The number of benzene rings is 2. The van der Waals surface area contributed by atoms with Crippen LogP contribution in [0.4, 0.5) is 10.8 Å². The lowest BCUT2D eigenvalue weighted by atomic mass is 9.99. The van der Waals surface area contributed by atoms with Crippen LogP contribution in [0.25, 0.3) is 0 Å². The Kier molecular flexibility index (Phi) is 9.02. The fourth-order valence-corrected chi connectivity index (χ4v) is 3.32. The molecule has 0 spiro atoms. The second-order valence-corrected chi connectivity index (χ2v) is 7.92. The summed E-state index contributed by atoms with van der Waals surface area (Å²) in [5.74, 6) is -0.248. The molecule has 9 heteroatoms. The zero-order valence-electron chi connectivity index (χ0n) is 19.6. The van der Waals surface area contributed by atoms with E-state index in [-0.39, 0.29) is 24.4 Å². The monoisotopic (exact) mass is 466 g/mol. The molecule has 180 valence electrons. The van der Waals surface area contributed by atoms with E-state index in [1.165, 1.54) is 7.11 Å². The number of ether oxygens (including phenoxy) is 2. The van der Waals surface area contributed by atoms with E-state index in [2.05, 4.69) is 20.8 Å². The maximum Gasteiger partial charge on any atom is 0.408 e. The van der Waals surface area contributed by atoms with E-state index < -0.39 is 24.1 Å². The summed E-state index contributed by atoms with van der Waals surface area (Å²) >= 11 is 0. The summed E-state index contributed by atoms with van der Waals surface area (Å²) in [6.07, 6.45) is 0.554. The van der Waals surface area contributed by atoms with Crippen molar-refractivity contribution in [2.75, 3.05) is 12.4 Å². The van der Waals surface area contributed by atoms with Gasteiger partial charge in [0.15, 0.2) is 0 Å². The maximum absolute atomic E-state index is 12.5. The van der Waals surface area contributed by atoms with Crippen LogP contribution in [0, 0.1) is 5.92 Å². The van der Waals surface area contributed by atoms with E-state index in [1.807, 2.05) is 74.5 Å². The third-order valence-corrected chi connectivity index (χ3v) is 5.47. The summed E-state index contributed by atoms with van der Waals surface area (Å²) < 4.78 is 16.0. The van der Waals surface area contributed by atoms with Gasteiger partial charge in [0.2, 0.25) is 5.89 Å². The van der Waals surface area contributed by atoms with Crippen molar-refractivity contribution in [2.45, 2.75) is 45.4 Å². The highest BCUT2D eigenvalue weighted by Crippen LogP contribution is 2.22. The predicted molar refractivity (Wildman–Crippen MR) is 126 cm³/mol. The van der Waals surface area contributed by atoms with Gasteiger partial charge in [0.25, 0.3) is 0 Å². The zero-order valence-corrected chi connectivity index (χ0v) is 19.6. The molecule has 0 bridgehead atoms. The quantitative estimate of drug-likeness (QED) is 0.402. The molecule has 0 aliphatic heterocycles. The van der Waals surface area contributed by atoms with Gasteiger partial charge in [0, 0.05) is 6.42 Å². The summed E-state index contributed by atoms with van der Waals surface area (Å²) in [6, 6.07) is 17.8. The van der Waals surface area contributed by atoms with Crippen molar-refractivity contribution < 1.29 is 23.5 Å². The number of alkyl carbamates (subject to hydrolysis) is 1. The van der Waals surface area contributed by atoms with Crippen LogP contribution in [0.1, 0.15) is 43.3 Å². The lowest BCUT2D eigenvalue weighted by Gasteiger charge is -2.20. The molecule has 0 radical (unpaired) electrons. The van der Waals surface area contributed by atoms with Crippen molar-refractivity contribution in [3.63, 3.8) is 0 Å². The van der Waals surface area contributed by atoms with Crippen LogP contribution in [-0.2, 0) is 27.3 Å². The van der Waals surface area contributed by atoms with Crippen LogP contribution in [0.2, 0.25) is 0 Å². The average Bonchev–Trinajstić information content (AvgIpc) is 3.34. The summed E-state index contributed by atoms with van der Waals surface area (Å²) in [5, 5.41) is 13.9. The molecule has 3 aromatic rings. The van der Waals surface area contributed by atoms with Gasteiger partial charge in [-0.1, -0.05) is 86.0 Å². The molecule has 3 rings (SSSR count). The van der Waals surface area contributed by atoms with Gasteiger partial charge in [-0.2, -0.15) is 0 Å². The van der Waals surface area contributed by atoms with E-state index in [1.54, 1.807) is 0 Å². The molecule has 2 aromatic carbocycles. The molecular weight excluding hydrogens is 436 g/mol. The smallest absolute Gasteiger partial charge is 0.408 e. The number of carbonyl (C=O) groups is 2. The lowest BCUT2D eigenvalue weighted by molar-refractivity contribution is -0.142. The first-order chi connectivity index (χ1) is 16.5. The minimum Gasteiger partial charge on any atom is -0.467 e. The van der Waals surface area contributed by atoms with Crippen LogP contribution in [0.3, 0.4) is 0 Å². The largest absolute Gasteiger partial charge is 0.467 e. The normalized spacial score (nSPS) is 13.4. The maximum atomic E-state index is 12.5. The van der Waals surface area contributed by atoms with Crippen molar-refractivity contribution in [1.29, 1.82) is 0 Å². The number of nitrogens with one attached hydrogen (secondary N) is 2. The number of aromatic nitrogens is 2. The van der Waals surface area contributed by atoms with Gasteiger partial charge < -0.3 is 24.5 Å². The topological polar surface area (TPSA) is 116 Å². The molecule has 0 saturated carbocycles. The molecule has 0 unspecified atom stereocenters. The van der Waals surface area contributed by atoms with Gasteiger partial charge in [-0.3, -0.25) is 0 Å². The number of anilines is 1. The first-order valence-electron chi connectivity index (χ1n) is 11.2. The Balaban J connectivity index is 1.73. The average molecular weight is 467 g/mol. The predicted octanol–water partition coefficient (Wildman–Crippen LogP) is 4.28. The molecule has 0 aliphatic carbocycles. The third-order valence-electron chi connectivity index (χ3n) is 5.47. The van der Waals surface area contributed by atoms with Gasteiger partial charge in [-0.25, -0.2) is 9.59 Å². The molecule has 9 nitrogen and oxygen atoms in total. The van der Waals surface area contributed by atoms with Crippen LogP contribution in [0.5, 0.6) is 0 Å². The van der Waals surface area contributed by atoms with Gasteiger partial charge in [-0.15, -0.1) is 5.10 Å². The highest BCUT2D eigenvalue weighted by Gasteiger charge is 2.28. The Morgan fingerprint density at radius 2 is 1.65 bits per heavy atom. The van der Waals surface area contributed by atoms with Gasteiger partial charge in [-0.05, 0) is 17.0 Å². The van der Waals surface area contributed by atoms with E-state index in [9.17, 15) is 9.59 Å². The zero-order chi connectivity index (χ0) is 24.3. The number of esters is 1. The summed E-state index contributed by atoms with van der Waals surface area (Å²) in [7, 11) is 1.33. The first kappa shape index (κ1) is 24.8. The van der Waals surface area contributed by atoms with Crippen molar-refractivity contribution >= 4 is 18.1 Å². The first-order valence-corrected chi connectivity index (χ1v) is 11.2. The molecule has 0 saturated heterocycles. The summed E-state index contributed by atoms with van der Waals surface area (Å²) in [6.45, 7) is 4.04. The fraction of sp³-hybridized carbons (Fsp3) is 0.360. The van der Waals surface area contributed by atoms with Crippen LogP contribution < -0.4 is 10.6 Å². The molecular formula is C25H30N4O5. The number of hydrogen-bond acceptors (Lipinski definition) is 8. The number of hydrogen-bond donors (Lipinski definition) is 2. The summed E-state index contributed by atoms with van der Waals surface area (Å²) in [5.41, 5.74) is 1.84. The number of carbonyl (C=O) groups excluding carboxylic acids is 2. The van der Waals surface area contributed by atoms with Crippen molar-refractivity contribution in [1.82, 2.24) is 15.5 Å². The molecule has 34 heavy (non-hydrogen) atoms. The number of methoxy groups -OCH3 is 1. The fourth-order valence-electron chi connectivity index (χ4n) is 3.32. The van der Waals surface area contributed by atoms with E-state index in [0.717, 1.165) is 17.5 Å². The van der Waals surface area contributed by atoms with Crippen LogP contribution in [0.15, 0.2) is 65.1 Å². The minimum absolute atomic E-state index is 0.0194. The summed E-state index contributed by atoms with van der Waals surface area (Å²) in [4.78, 5) is 24.7. The van der Waals surface area contributed by atoms with Crippen molar-refractivity contribution in [2.24, 2.45) is 5.92 Å². The minimum atomic E-state index is -0.639. The van der Waals surface area contributed by atoms with Gasteiger partial charge in [0.05, 0.1) is 7.11 Å². The Bertz CT molecular complexity index is 1040. The Hall–Kier alpha value is -3.88. The Morgan fingerprint density at radius 3 is 2.26 bits per heavy atom. The Morgan fingerprint density at radius 1 is 1.00 bits per heavy atom. The molecule has 1 amide bonds. The molecule has 0 aliphatic rings. The second-order valence-electron chi connectivity index (χ2n) is 7.92. The third kappa shape index (κ3) is 7.06. The van der Waals surface area contributed by atoms with Crippen molar-refractivity contribution in [3.8, 4) is 0 Å². The SMILES string of the molecule is CC[C@H](C)[C@H](Nc1nnc([C@H](Cc2ccccc2)NC(=O)OCc2ccccc2)o1)C(=O)OC. The molecule has 0 fully saturated rings. The standard InChI is InChI=1S/C25H30N4O5/c1-4-17(2)21(23(30)32-3)27-24-29-28-22(34-24)20(15-18-11-7-5-8-12-18)26-25(31)33-16-19-13-9-6-10-14-19/h5-14,17,20-21H,4,15-16H2,1-3H3,(H,26,31)(H,27,29)/t17-,20-,21-/m0/s1. The lowest BCUT2D eigenvalue weighted by Crippen LogP contribution is -2.36. The van der Waals surface area contributed by atoms with E-state index in [0.29, 0.717) is 6.42 Å². The van der Waals surface area contributed by atoms with Crippen LogP contribution >= 0.6 is 0 Å². The highest BCUT2D eigenvalue weighted by molar-refractivity contribution is 5.78.